The van der Waals surface area contributed by atoms with E-state index in [1.165, 1.54) is 0 Å². The van der Waals surface area contributed by atoms with Crippen molar-refractivity contribution in [2.45, 2.75) is 18.9 Å². The summed E-state index contributed by atoms with van der Waals surface area (Å²) in [5.74, 6) is -0.985. The van der Waals surface area contributed by atoms with E-state index in [2.05, 4.69) is 21.2 Å². The minimum absolute atomic E-state index is 0.127. The molecule has 0 aliphatic carbocycles. The van der Waals surface area contributed by atoms with Crippen molar-refractivity contribution in [2.24, 2.45) is 0 Å². The molecule has 0 heterocycles. The summed E-state index contributed by atoms with van der Waals surface area (Å²) in [5, 5.41) is 12.5. The Kier molecular flexibility index (Phi) is 4.79. The number of hydrogen-bond acceptors (Lipinski definition) is 2. The van der Waals surface area contributed by atoms with E-state index >= 15 is 0 Å². The summed E-state index contributed by atoms with van der Waals surface area (Å²) >= 11 is 3.36. The van der Waals surface area contributed by atoms with Crippen LogP contribution in [0.25, 0.3) is 0 Å². The van der Waals surface area contributed by atoms with Crippen molar-refractivity contribution in [3.63, 3.8) is 0 Å². The van der Waals surface area contributed by atoms with Gasteiger partial charge in [0, 0.05) is 16.1 Å². The van der Waals surface area contributed by atoms with E-state index in [-0.39, 0.29) is 5.92 Å². The number of carbonyl (C=O) groups is 1. The fourth-order valence-corrected chi connectivity index (χ4v) is 2.34. The van der Waals surface area contributed by atoms with E-state index in [0.29, 0.717) is 0 Å². The van der Waals surface area contributed by atoms with Crippen molar-refractivity contribution in [1.29, 1.82) is 0 Å². The Balaban J connectivity index is 2.19. The summed E-state index contributed by atoms with van der Waals surface area (Å²) < 4.78 is 0.964. The van der Waals surface area contributed by atoms with Crippen LogP contribution in [0.4, 0.5) is 5.69 Å². The second-order valence-electron chi connectivity index (χ2n) is 4.67. The van der Waals surface area contributed by atoms with Crippen molar-refractivity contribution in [3.05, 3.63) is 64.6 Å². The van der Waals surface area contributed by atoms with Crippen LogP contribution in [0, 0.1) is 0 Å². The molecule has 2 rings (SSSR count). The van der Waals surface area contributed by atoms with Gasteiger partial charge in [0.2, 0.25) is 0 Å². The molecule has 2 aromatic rings. The number of hydrogen-bond donors (Lipinski definition) is 2. The van der Waals surface area contributed by atoms with Crippen molar-refractivity contribution in [2.75, 3.05) is 5.32 Å². The van der Waals surface area contributed by atoms with E-state index in [9.17, 15) is 9.90 Å². The van der Waals surface area contributed by atoms with Crippen molar-refractivity contribution < 1.29 is 9.90 Å². The molecule has 2 aromatic carbocycles. The van der Waals surface area contributed by atoms with Gasteiger partial charge >= 0.3 is 5.97 Å². The van der Waals surface area contributed by atoms with Crippen LogP contribution in [-0.4, -0.2) is 17.1 Å². The maximum Gasteiger partial charge on any atom is 0.326 e. The Morgan fingerprint density at radius 1 is 1.10 bits per heavy atom. The maximum absolute atomic E-state index is 11.5. The average molecular weight is 334 g/mol. The Bertz CT molecular complexity index is 569. The second-order valence-corrected chi connectivity index (χ2v) is 5.58. The molecule has 0 amide bonds. The predicted molar refractivity (Wildman–Crippen MR) is 84.0 cm³/mol. The lowest BCUT2D eigenvalue weighted by molar-refractivity contribution is -0.138. The highest BCUT2D eigenvalue weighted by molar-refractivity contribution is 9.10. The highest BCUT2D eigenvalue weighted by Gasteiger charge is 2.25. The first-order chi connectivity index (χ1) is 9.58. The highest BCUT2D eigenvalue weighted by atomic mass is 79.9. The SMILES string of the molecule is CC(c1ccccc1)C(Nc1ccc(Br)cc1)C(=O)O. The van der Waals surface area contributed by atoms with Crippen molar-refractivity contribution in [1.82, 2.24) is 0 Å². The Labute approximate surface area is 126 Å². The third kappa shape index (κ3) is 3.61. The lowest BCUT2D eigenvalue weighted by Gasteiger charge is -2.23. The molecule has 20 heavy (non-hydrogen) atoms. The quantitative estimate of drug-likeness (QED) is 0.865. The molecule has 2 N–H and O–H groups in total. The molecule has 0 radical (unpaired) electrons. The van der Waals surface area contributed by atoms with Crippen molar-refractivity contribution >= 4 is 27.6 Å². The smallest absolute Gasteiger partial charge is 0.326 e. The standard InChI is InChI=1S/C16H16BrNO2/c1-11(12-5-3-2-4-6-12)15(16(19)20)18-14-9-7-13(17)8-10-14/h2-11,15,18H,1H3,(H,19,20). The summed E-state index contributed by atoms with van der Waals surface area (Å²) in [5.41, 5.74) is 1.80. The number of carboxylic acid groups (broad SMARTS) is 1. The summed E-state index contributed by atoms with van der Waals surface area (Å²) in [4.78, 5) is 11.5. The Morgan fingerprint density at radius 2 is 1.70 bits per heavy atom. The number of anilines is 1. The van der Waals surface area contributed by atoms with E-state index in [0.717, 1.165) is 15.7 Å². The fraction of sp³-hybridized carbons (Fsp3) is 0.188. The van der Waals surface area contributed by atoms with Crippen LogP contribution in [0.1, 0.15) is 18.4 Å². The largest absolute Gasteiger partial charge is 0.480 e. The van der Waals surface area contributed by atoms with Crippen molar-refractivity contribution in [3.8, 4) is 0 Å². The molecule has 4 heteroatoms. The molecule has 0 aliphatic rings. The monoisotopic (exact) mass is 333 g/mol. The number of carboxylic acids is 1. The lowest BCUT2D eigenvalue weighted by atomic mass is 9.93. The van der Waals surface area contributed by atoms with Crippen LogP contribution in [0.2, 0.25) is 0 Å². The van der Waals surface area contributed by atoms with Gasteiger partial charge in [-0.05, 0) is 29.8 Å². The average Bonchev–Trinajstić information content (AvgIpc) is 2.46. The topological polar surface area (TPSA) is 49.3 Å². The summed E-state index contributed by atoms with van der Waals surface area (Å²) in [6.45, 7) is 1.92. The third-order valence-electron chi connectivity index (χ3n) is 3.26. The first-order valence-corrected chi connectivity index (χ1v) is 7.17. The number of benzene rings is 2. The molecule has 0 spiro atoms. The van der Waals surface area contributed by atoms with Crippen LogP contribution < -0.4 is 5.32 Å². The minimum atomic E-state index is -0.857. The van der Waals surface area contributed by atoms with Gasteiger partial charge in [0.25, 0.3) is 0 Å². The Morgan fingerprint density at radius 3 is 2.25 bits per heavy atom. The van der Waals surface area contributed by atoms with Gasteiger partial charge in [0.05, 0.1) is 0 Å². The number of nitrogens with one attached hydrogen (secondary N) is 1. The zero-order chi connectivity index (χ0) is 14.5. The van der Waals surface area contributed by atoms with Gasteiger partial charge in [-0.15, -0.1) is 0 Å². The van der Waals surface area contributed by atoms with Crippen LogP contribution in [0.5, 0.6) is 0 Å². The molecule has 0 aromatic heterocycles. The molecule has 0 saturated carbocycles. The highest BCUT2D eigenvalue weighted by Crippen LogP contribution is 2.23. The fourth-order valence-electron chi connectivity index (χ4n) is 2.08. The van der Waals surface area contributed by atoms with Gasteiger partial charge in [-0.2, -0.15) is 0 Å². The molecular formula is C16H16BrNO2. The van der Waals surface area contributed by atoms with Crippen LogP contribution in [0.3, 0.4) is 0 Å². The van der Waals surface area contributed by atoms with Gasteiger partial charge in [-0.3, -0.25) is 0 Å². The number of halogens is 1. The molecule has 2 unspecified atom stereocenters. The molecule has 0 saturated heterocycles. The second kappa shape index (κ2) is 6.57. The predicted octanol–water partition coefficient (Wildman–Crippen LogP) is 4.12. The van der Waals surface area contributed by atoms with Gasteiger partial charge in [0.1, 0.15) is 6.04 Å². The van der Waals surface area contributed by atoms with Gasteiger partial charge < -0.3 is 10.4 Å². The van der Waals surface area contributed by atoms with Crippen LogP contribution in [0.15, 0.2) is 59.1 Å². The molecule has 104 valence electrons. The van der Waals surface area contributed by atoms with Gasteiger partial charge in [-0.25, -0.2) is 4.79 Å². The first kappa shape index (κ1) is 14.6. The summed E-state index contributed by atoms with van der Waals surface area (Å²) in [7, 11) is 0. The zero-order valence-corrected chi connectivity index (χ0v) is 12.7. The molecule has 0 bridgehead atoms. The van der Waals surface area contributed by atoms with E-state index in [4.69, 9.17) is 0 Å². The molecular weight excluding hydrogens is 318 g/mol. The molecule has 0 fully saturated rings. The maximum atomic E-state index is 11.5. The van der Waals surface area contributed by atoms with E-state index in [1.54, 1.807) is 0 Å². The normalized spacial score (nSPS) is 13.5. The summed E-state index contributed by atoms with van der Waals surface area (Å²) in [6, 6.07) is 16.5. The van der Waals surface area contributed by atoms with Gasteiger partial charge in [-0.1, -0.05) is 53.2 Å². The lowest BCUT2D eigenvalue weighted by Crippen LogP contribution is -2.34. The molecule has 0 aliphatic heterocycles. The van der Waals surface area contributed by atoms with E-state index < -0.39 is 12.0 Å². The Hall–Kier alpha value is -1.81. The number of rotatable bonds is 5. The third-order valence-corrected chi connectivity index (χ3v) is 3.79. The zero-order valence-electron chi connectivity index (χ0n) is 11.1. The van der Waals surface area contributed by atoms with Gasteiger partial charge in [0.15, 0.2) is 0 Å². The number of aliphatic carboxylic acids is 1. The van der Waals surface area contributed by atoms with E-state index in [1.807, 2.05) is 61.5 Å². The molecule has 3 nitrogen and oxygen atoms in total. The first-order valence-electron chi connectivity index (χ1n) is 6.38. The molecule has 2 atom stereocenters. The minimum Gasteiger partial charge on any atom is -0.480 e. The van der Waals surface area contributed by atoms with Crippen LogP contribution in [-0.2, 0) is 4.79 Å². The van der Waals surface area contributed by atoms with Crippen LogP contribution >= 0.6 is 15.9 Å². The summed E-state index contributed by atoms with van der Waals surface area (Å²) in [6.07, 6.45) is 0.